The number of carbonyl (C=O) groups excluding carboxylic acids is 1. The summed E-state index contributed by atoms with van der Waals surface area (Å²) in [7, 11) is 1.50. The van der Waals surface area contributed by atoms with Gasteiger partial charge in [0.1, 0.15) is 0 Å². The number of methoxy groups -OCH3 is 1. The van der Waals surface area contributed by atoms with Crippen LogP contribution in [0.2, 0.25) is 0 Å². The van der Waals surface area contributed by atoms with Crippen molar-refractivity contribution in [3.63, 3.8) is 0 Å². The van der Waals surface area contributed by atoms with Crippen molar-refractivity contribution in [2.45, 2.75) is 20.0 Å². The van der Waals surface area contributed by atoms with E-state index in [-0.39, 0.29) is 11.3 Å². The van der Waals surface area contributed by atoms with Crippen LogP contribution < -0.4 is 14.5 Å². The molecule has 2 aromatic rings. The van der Waals surface area contributed by atoms with Gasteiger partial charge in [0.05, 0.1) is 40.7 Å². The number of benzene rings is 2. The van der Waals surface area contributed by atoms with Crippen LogP contribution in [-0.4, -0.2) is 25.3 Å². The Morgan fingerprint density at radius 2 is 1.90 bits per heavy atom. The lowest BCUT2D eigenvalue weighted by Gasteiger charge is -2.15. The summed E-state index contributed by atoms with van der Waals surface area (Å²) in [4.78, 5) is 13.0. The number of halogens is 5. The second kappa shape index (κ2) is 9.04. The van der Waals surface area contributed by atoms with E-state index in [1.807, 2.05) is 6.92 Å². The van der Waals surface area contributed by atoms with Crippen LogP contribution in [0.5, 0.6) is 11.5 Å². The summed E-state index contributed by atoms with van der Waals surface area (Å²) in [6.45, 7) is 3.89. The summed E-state index contributed by atoms with van der Waals surface area (Å²) in [5.74, 6) is 0.430. The molecule has 0 aromatic heterocycles. The van der Waals surface area contributed by atoms with Crippen LogP contribution in [0.3, 0.4) is 0 Å². The topological polar surface area (TPSA) is 51.1 Å². The van der Waals surface area contributed by atoms with Crippen molar-refractivity contribution in [2.75, 3.05) is 18.7 Å². The smallest absolute Gasteiger partial charge is 0.416 e. The third-order valence-electron chi connectivity index (χ3n) is 4.44. The van der Waals surface area contributed by atoms with E-state index in [0.29, 0.717) is 38.3 Å². The molecule has 164 valence electrons. The minimum absolute atomic E-state index is 0.0343. The second-order valence-corrected chi connectivity index (χ2v) is 8.05. The number of hydrazone groups is 1. The minimum Gasteiger partial charge on any atom is -0.493 e. The maximum absolute atomic E-state index is 13.1. The van der Waals surface area contributed by atoms with Crippen molar-refractivity contribution in [1.82, 2.24) is 0 Å². The zero-order chi connectivity index (χ0) is 22.9. The lowest BCUT2D eigenvalue weighted by atomic mass is 10.1. The molecule has 1 amide bonds. The Morgan fingerprint density at radius 3 is 2.52 bits per heavy atom. The van der Waals surface area contributed by atoms with Crippen molar-refractivity contribution >= 4 is 55.2 Å². The average Bonchev–Trinajstić information content (AvgIpc) is 3.01. The number of rotatable bonds is 5. The SMILES string of the molecule is CCOc1c(OC)cc(C=C2C(=O)N(c3cccc(C(F)(F)F)c3)N=C2C)c(Br)c1Br. The first-order valence-electron chi connectivity index (χ1n) is 9.06. The zero-order valence-electron chi connectivity index (χ0n) is 16.7. The predicted molar refractivity (Wildman–Crippen MR) is 120 cm³/mol. The molecule has 5 nitrogen and oxygen atoms in total. The van der Waals surface area contributed by atoms with E-state index >= 15 is 0 Å². The number of alkyl halides is 3. The van der Waals surface area contributed by atoms with E-state index in [2.05, 4.69) is 37.0 Å². The van der Waals surface area contributed by atoms with Gasteiger partial charge in [-0.25, -0.2) is 0 Å². The van der Waals surface area contributed by atoms with E-state index in [4.69, 9.17) is 9.47 Å². The Morgan fingerprint density at radius 1 is 1.19 bits per heavy atom. The summed E-state index contributed by atoms with van der Waals surface area (Å²) in [5.41, 5.74) is 0.406. The highest BCUT2D eigenvalue weighted by atomic mass is 79.9. The fourth-order valence-electron chi connectivity index (χ4n) is 2.97. The largest absolute Gasteiger partial charge is 0.493 e. The van der Waals surface area contributed by atoms with Crippen molar-refractivity contribution in [3.8, 4) is 11.5 Å². The highest BCUT2D eigenvalue weighted by molar-refractivity contribution is 9.13. The molecule has 2 aromatic carbocycles. The van der Waals surface area contributed by atoms with Crippen molar-refractivity contribution < 1.29 is 27.4 Å². The molecule has 0 saturated carbocycles. The van der Waals surface area contributed by atoms with Gasteiger partial charge in [-0.2, -0.15) is 23.3 Å². The monoisotopic (exact) mass is 560 g/mol. The molecule has 31 heavy (non-hydrogen) atoms. The number of carbonyl (C=O) groups is 1. The third-order valence-corrected chi connectivity index (χ3v) is 6.59. The number of ether oxygens (including phenoxy) is 2. The number of anilines is 1. The van der Waals surface area contributed by atoms with Crippen LogP contribution in [0.4, 0.5) is 18.9 Å². The number of nitrogens with zero attached hydrogens (tertiary/aromatic N) is 2. The summed E-state index contributed by atoms with van der Waals surface area (Å²) < 4.78 is 51.4. The molecule has 1 aliphatic heterocycles. The number of amides is 1. The molecule has 1 aliphatic rings. The van der Waals surface area contributed by atoms with Crippen LogP contribution in [0.15, 0.2) is 50.0 Å². The highest BCUT2D eigenvalue weighted by Crippen LogP contribution is 2.44. The van der Waals surface area contributed by atoms with E-state index in [9.17, 15) is 18.0 Å². The Hall–Kier alpha value is -2.33. The van der Waals surface area contributed by atoms with Crippen LogP contribution in [0.1, 0.15) is 25.0 Å². The lowest BCUT2D eigenvalue weighted by molar-refractivity contribution is -0.137. The maximum atomic E-state index is 13.1. The van der Waals surface area contributed by atoms with Gasteiger partial charge in [-0.1, -0.05) is 6.07 Å². The Kier molecular flexibility index (Phi) is 6.80. The fourth-order valence-corrected chi connectivity index (χ4v) is 3.92. The van der Waals surface area contributed by atoms with Gasteiger partial charge < -0.3 is 9.47 Å². The highest BCUT2D eigenvalue weighted by Gasteiger charge is 2.33. The molecule has 0 fully saturated rings. The molecular weight excluding hydrogens is 545 g/mol. The first kappa shape index (κ1) is 23.3. The van der Waals surface area contributed by atoms with Gasteiger partial charge in [-0.15, -0.1) is 0 Å². The molecule has 3 rings (SSSR count). The van der Waals surface area contributed by atoms with E-state index < -0.39 is 17.6 Å². The van der Waals surface area contributed by atoms with Crippen LogP contribution in [0.25, 0.3) is 6.08 Å². The molecule has 0 spiro atoms. The molecule has 0 saturated heterocycles. The summed E-state index contributed by atoms with van der Waals surface area (Å²) in [6, 6.07) is 6.17. The standard InChI is InChI=1S/C21H17Br2F3N2O3/c1-4-31-19-16(30-3)9-12(17(22)18(19)23)8-15-11(2)27-28(20(15)29)14-7-5-6-13(10-14)21(24,25)26/h5-10H,4H2,1-3H3. The van der Waals surface area contributed by atoms with Crippen molar-refractivity contribution in [1.29, 1.82) is 0 Å². The molecule has 0 N–H and O–H groups in total. The third kappa shape index (κ3) is 4.64. The summed E-state index contributed by atoms with van der Waals surface area (Å²) in [6.07, 6.45) is -2.92. The van der Waals surface area contributed by atoms with Crippen LogP contribution in [0, 0.1) is 0 Å². The second-order valence-electron chi connectivity index (χ2n) is 6.47. The van der Waals surface area contributed by atoms with Crippen LogP contribution >= 0.6 is 31.9 Å². The molecule has 0 unspecified atom stereocenters. The fraction of sp³-hybridized carbons (Fsp3) is 0.238. The Labute approximate surface area is 193 Å². The van der Waals surface area contributed by atoms with Gasteiger partial charge >= 0.3 is 6.18 Å². The van der Waals surface area contributed by atoms with Crippen molar-refractivity contribution in [3.05, 3.63) is 56.0 Å². The zero-order valence-corrected chi connectivity index (χ0v) is 19.9. The van der Waals surface area contributed by atoms with Gasteiger partial charge in [0.2, 0.25) is 0 Å². The molecular formula is C21H17Br2F3N2O3. The molecule has 0 radical (unpaired) electrons. The summed E-state index contributed by atoms with van der Waals surface area (Å²) >= 11 is 6.95. The minimum atomic E-state index is -4.52. The van der Waals surface area contributed by atoms with Crippen LogP contribution in [-0.2, 0) is 11.0 Å². The normalized spacial score (nSPS) is 15.5. The average molecular weight is 562 g/mol. The molecule has 0 aliphatic carbocycles. The molecule has 0 atom stereocenters. The summed E-state index contributed by atoms with van der Waals surface area (Å²) in [5, 5.41) is 5.13. The number of hydrogen-bond donors (Lipinski definition) is 0. The molecule has 10 heteroatoms. The van der Waals surface area contributed by atoms with E-state index in [0.717, 1.165) is 17.1 Å². The number of hydrogen-bond acceptors (Lipinski definition) is 4. The van der Waals surface area contributed by atoms with Gasteiger partial charge in [-0.3, -0.25) is 4.79 Å². The first-order valence-corrected chi connectivity index (χ1v) is 10.6. The first-order chi connectivity index (χ1) is 14.6. The van der Waals surface area contributed by atoms with Gasteiger partial charge in [0, 0.05) is 4.47 Å². The van der Waals surface area contributed by atoms with E-state index in [1.54, 1.807) is 19.1 Å². The quantitative estimate of drug-likeness (QED) is 0.394. The Balaban J connectivity index is 2.02. The van der Waals surface area contributed by atoms with Gasteiger partial charge in [0.15, 0.2) is 11.5 Å². The molecule has 1 heterocycles. The van der Waals surface area contributed by atoms with Gasteiger partial charge in [0.25, 0.3) is 5.91 Å². The maximum Gasteiger partial charge on any atom is 0.416 e. The Bertz CT molecular complexity index is 1100. The van der Waals surface area contributed by atoms with Gasteiger partial charge in [-0.05, 0) is 81.6 Å². The predicted octanol–water partition coefficient (Wildman–Crippen LogP) is 6.44. The van der Waals surface area contributed by atoms with Crippen molar-refractivity contribution in [2.24, 2.45) is 5.10 Å². The molecule has 0 bridgehead atoms. The van der Waals surface area contributed by atoms with E-state index in [1.165, 1.54) is 19.2 Å². The lowest BCUT2D eigenvalue weighted by Crippen LogP contribution is -2.21.